The Morgan fingerprint density at radius 1 is 1.21 bits per heavy atom. The summed E-state index contributed by atoms with van der Waals surface area (Å²) < 4.78 is -0.941. The number of anilines is 1. The molecule has 4 nitrogen and oxygen atoms in total. The van der Waals surface area contributed by atoms with Gasteiger partial charge < -0.3 is 16.0 Å². The first-order valence-electron chi connectivity index (χ1n) is 7.06. The van der Waals surface area contributed by atoms with Crippen molar-refractivity contribution in [1.82, 2.24) is 10.6 Å². The van der Waals surface area contributed by atoms with Crippen LogP contribution in [0.3, 0.4) is 0 Å². The van der Waals surface area contributed by atoms with E-state index in [1.54, 1.807) is 0 Å². The first-order chi connectivity index (χ1) is 10.9. The van der Waals surface area contributed by atoms with Crippen molar-refractivity contribution in [1.29, 1.82) is 0 Å². The Hall–Kier alpha value is -0.270. The van der Waals surface area contributed by atoms with E-state index >= 15 is 0 Å². The molecular formula is C15H19BrCl3N3OS. The molecule has 1 rings (SSSR count). The zero-order valence-electron chi connectivity index (χ0n) is 13.4. The third-order valence-corrected chi connectivity index (χ3v) is 4.29. The minimum atomic E-state index is -1.77. The van der Waals surface area contributed by atoms with Crippen LogP contribution in [0.4, 0.5) is 5.69 Å². The van der Waals surface area contributed by atoms with E-state index in [1.165, 1.54) is 0 Å². The fourth-order valence-electron chi connectivity index (χ4n) is 1.75. The molecule has 0 aliphatic heterocycles. The van der Waals surface area contributed by atoms with Crippen LogP contribution in [0.25, 0.3) is 0 Å². The summed E-state index contributed by atoms with van der Waals surface area (Å²) in [5.41, 5.74) is 0.565. The maximum atomic E-state index is 12.1. The van der Waals surface area contributed by atoms with Crippen LogP contribution < -0.4 is 16.0 Å². The molecule has 24 heavy (non-hydrogen) atoms. The molecule has 0 saturated carbocycles. The quantitative estimate of drug-likeness (QED) is 0.326. The molecule has 0 aliphatic rings. The third kappa shape index (κ3) is 8.21. The van der Waals surface area contributed by atoms with Crippen molar-refractivity contribution in [2.45, 2.75) is 37.2 Å². The second-order valence-electron chi connectivity index (χ2n) is 6.36. The number of hydrogen-bond donors (Lipinski definition) is 3. The van der Waals surface area contributed by atoms with Crippen molar-refractivity contribution in [3.8, 4) is 0 Å². The van der Waals surface area contributed by atoms with Crippen LogP contribution in [-0.2, 0) is 4.79 Å². The topological polar surface area (TPSA) is 53.2 Å². The molecule has 1 aromatic carbocycles. The molecule has 0 aromatic heterocycles. The first-order valence-corrected chi connectivity index (χ1v) is 9.40. The summed E-state index contributed by atoms with van der Waals surface area (Å²) in [4.78, 5) is 12.1. The molecule has 134 valence electrons. The number of halogens is 4. The average molecular weight is 476 g/mol. The van der Waals surface area contributed by atoms with Crippen molar-refractivity contribution >= 4 is 79.7 Å². The smallest absolute Gasteiger partial charge is 0.228 e. The van der Waals surface area contributed by atoms with Crippen molar-refractivity contribution < 1.29 is 4.79 Å². The summed E-state index contributed by atoms with van der Waals surface area (Å²) >= 11 is 26.5. The van der Waals surface area contributed by atoms with Crippen molar-refractivity contribution in [2.75, 3.05) is 5.32 Å². The SMILES string of the molecule is CC(C)(C)CC(=O)N[C@@H](NC(=S)Nc1ccccc1Br)C(Cl)(Cl)Cl. The molecule has 0 heterocycles. The number of carbonyl (C=O) groups excluding carboxylic acids is 1. The highest BCUT2D eigenvalue weighted by atomic mass is 79.9. The molecule has 0 radical (unpaired) electrons. The molecule has 0 fully saturated rings. The first kappa shape index (κ1) is 21.8. The van der Waals surface area contributed by atoms with E-state index in [2.05, 4.69) is 31.9 Å². The van der Waals surface area contributed by atoms with Gasteiger partial charge in [-0.1, -0.05) is 67.7 Å². The molecule has 1 atom stereocenters. The molecule has 0 aliphatic carbocycles. The van der Waals surface area contributed by atoms with E-state index < -0.39 is 9.96 Å². The van der Waals surface area contributed by atoms with E-state index in [9.17, 15) is 4.79 Å². The molecule has 0 bridgehead atoms. The summed E-state index contributed by atoms with van der Waals surface area (Å²) in [5.74, 6) is -0.241. The van der Waals surface area contributed by atoms with E-state index in [0.29, 0.717) is 0 Å². The third-order valence-electron chi connectivity index (χ3n) is 2.72. The number of thiocarbonyl (C=S) groups is 1. The minimum absolute atomic E-state index is 0.185. The molecule has 0 unspecified atom stereocenters. The number of carbonyl (C=O) groups is 1. The zero-order chi connectivity index (χ0) is 18.5. The predicted octanol–water partition coefficient (Wildman–Crippen LogP) is 4.98. The van der Waals surface area contributed by atoms with Gasteiger partial charge in [0.25, 0.3) is 0 Å². The Morgan fingerprint density at radius 3 is 2.29 bits per heavy atom. The van der Waals surface area contributed by atoms with E-state index in [1.807, 2.05) is 45.0 Å². The zero-order valence-corrected chi connectivity index (χ0v) is 18.1. The van der Waals surface area contributed by atoms with Gasteiger partial charge in [-0.25, -0.2) is 0 Å². The van der Waals surface area contributed by atoms with Crippen LogP contribution in [0.5, 0.6) is 0 Å². The number of nitrogens with one attached hydrogen (secondary N) is 3. The maximum absolute atomic E-state index is 12.1. The Balaban J connectivity index is 2.74. The number of rotatable bonds is 4. The average Bonchev–Trinajstić information content (AvgIpc) is 2.37. The lowest BCUT2D eigenvalue weighted by atomic mass is 9.92. The summed E-state index contributed by atoms with van der Waals surface area (Å²) in [6.45, 7) is 5.84. The Labute approximate surface area is 171 Å². The second kappa shape index (κ2) is 8.90. The lowest BCUT2D eigenvalue weighted by Crippen LogP contribution is -2.56. The van der Waals surface area contributed by atoms with Gasteiger partial charge in [-0.3, -0.25) is 4.79 Å². The molecule has 3 N–H and O–H groups in total. The fourth-order valence-corrected chi connectivity index (χ4v) is 2.68. The van der Waals surface area contributed by atoms with Gasteiger partial charge in [-0.15, -0.1) is 0 Å². The van der Waals surface area contributed by atoms with Gasteiger partial charge in [0.15, 0.2) is 5.11 Å². The summed E-state index contributed by atoms with van der Waals surface area (Å²) in [6.07, 6.45) is -0.684. The fraction of sp³-hybridized carbons (Fsp3) is 0.467. The lowest BCUT2D eigenvalue weighted by Gasteiger charge is -2.29. The van der Waals surface area contributed by atoms with Gasteiger partial charge in [-0.05, 0) is 45.7 Å². The highest BCUT2D eigenvalue weighted by molar-refractivity contribution is 9.10. The predicted molar refractivity (Wildman–Crippen MR) is 110 cm³/mol. The second-order valence-corrected chi connectivity index (χ2v) is 9.99. The van der Waals surface area contributed by atoms with Crippen LogP contribution in [0, 0.1) is 5.41 Å². The van der Waals surface area contributed by atoms with Crippen molar-refractivity contribution in [3.05, 3.63) is 28.7 Å². The van der Waals surface area contributed by atoms with Gasteiger partial charge in [0.1, 0.15) is 6.17 Å². The Bertz CT molecular complexity index is 602. The van der Waals surface area contributed by atoms with E-state index in [4.69, 9.17) is 47.0 Å². The number of benzene rings is 1. The molecule has 0 spiro atoms. The standard InChI is InChI=1S/C15H19BrCl3N3OS/c1-14(2,3)8-11(23)21-12(15(17,18)19)22-13(24)20-10-7-5-4-6-9(10)16/h4-7,12H,8H2,1-3H3,(H,21,23)(H2,20,22,24)/t12-/m0/s1. The number of para-hydroxylation sites is 1. The van der Waals surface area contributed by atoms with Gasteiger partial charge in [-0.2, -0.15) is 0 Å². The molecule has 1 aromatic rings. The molecular weight excluding hydrogens is 457 g/mol. The normalized spacial score (nSPS) is 13.1. The highest BCUT2D eigenvalue weighted by Crippen LogP contribution is 2.30. The van der Waals surface area contributed by atoms with Gasteiger partial charge >= 0.3 is 0 Å². The molecule has 9 heteroatoms. The van der Waals surface area contributed by atoms with Crippen LogP contribution >= 0.6 is 63.0 Å². The Kier molecular flexibility index (Phi) is 8.07. The van der Waals surface area contributed by atoms with Crippen LogP contribution in [-0.4, -0.2) is 21.0 Å². The van der Waals surface area contributed by atoms with Crippen molar-refractivity contribution in [3.63, 3.8) is 0 Å². The van der Waals surface area contributed by atoms with Gasteiger partial charge in [0.05, 0.1) is 5.69 Å². The van der Waals surface area contributed by atoms with Crippen LogP contribution in [0.15, 0.2) is 28.7 Å². The minimum Gasteiger partial charge on any atom is -0.339 e. The summed E-state index contributed by atoms with van der Waals surface area (Å²) in [5, 5.41) is 8.68. The summed E-state index contributed by atoms with van der Waals surface area (Å²) in [7, 11) is 0. The van der Waals surface area contributed by atoms with Crippen LogP contribution in [0.1, 0.15) is 27.2 Å². The highest BCUT2D eigenvalue weighted by Gasteiger charge is 2.35. The van der Waals surface area contributed by atoms with E-state index in [0.717, 1.165) is 10.2 Å². The number of alkyl halides is 3. The number of amides is 1. The van der Waals surface area contributed by atoms with Gasteiger partial charge in [0.2, 0.25) is 9.70 Å². The molecule has 1 amide bonds. The Morgan fingerprint density at radius 2 is 1.79 bits per heavy atom. The van der Waals surface area contributed by atoms with E-state index in [-0.39, 0.29) is 22.9 Å². The maximum Gasteiger partial charge on any atom is 0.228 e. The number of hydrogen-bond acceptors (Lipinski definition) is 2. The summed E-state index contributed by atoms with van der Waals surface area (Å²) in [6, 6.07) is 7.43. The van der Waals surface area contributed by atoms with Gasteiger partial charge in [0, 0.05) is 10.9 Å². The van der Waals surface area contributed by atoms with Crippen LogP contribution in [0.2, 0.25) is 0 Å². The largest absolute Gasteiger partial charge is 0.339 e. The van der Waals surface area contributed by atoms with Crippen molar-refractivity contribution in [2.24, 2.45) is 5.41 Å². The lowest BCUT2D eigenvalue weighted by molar-refractivity contribution is -0.123. The monoisotopic (exact) mass is 473 g/mol. The molecule has 0 saturated heterocycles.